The Bertz CT molecular complexity index is 940. The molecule has 1 unspecified atom stereocenters. The van der Waals surface area contributed by atoms with Gasteiger partial charge in [0.05, 0.1) is 25.9 Å². The molecule has 2 aromatic carbocycles. The number of nitrogens with zero attached hydrogens (tertiary/aromatic N) is 2. The third-order valence-corrected chi connectivity index (χ3v) is 5.92. The molecule has 4 nitrogen and oxygen atoms in total. The number of hydrogen-bond donors (Lipinski definition) is 1. The summed E-state index contributed by atoms with van der Waals surface area (Å²) in [6, 6.07) is 11.4. The summed E-state index contributed by atoms with van der Waals surface area (Å²) in [4.78, 5) is 17.7. The van der Waals surface area contributed by atoms with E-state index in [1.54, 1.807) is 17.4 Å². The predicted molar refractivity (Wildman–Crippen MR) is 102 cm³/mol. The van der Waals surface area contributed by atoms with Crippen LogP contribution in [0.2, 0.25) is 10.0 Å². The summed E-state index contributed by atoms with van der Waals surface area (Å²) in [5.41, 5.74) is 2.41. The van der Waals surface area contributed by atoms with Gasteiger partial charge in [0.2, 0.25) is 0 Å². The molecule has 1 amide bonds. The van der Waals surface area contributed by atoms with Crippen LogP contribution in [0.25, 0.3) is 10.2 Å². The molecule has 0 saturated heterocycles. The minimum atomic E-state index is -1.00. The van der Waals surface area contributed by atoms with Crippen molar-refractivity contribution in [1.29, 1.82) is 0 Å². The first kappa shape index (κ1) is 16.6. The lowest BCUT2D eigenvalue weighted by Crippen LogP contribution is -2.40. The molecule has 0 spiro atoms. The molecular weight excluding hydrogens is 379 g/mol. The largest absolute Gasteiger partial charge is 0.465 e. The van der Waals surface area contributed by atoms with E-state index in [-0.39, 0.29) is 5.92 Å². The van der Waals surface area contributed by atoms with Crippen LogP contribution < -0.4 is 4.90 Å². The van der Waals surface area contributed by atoms with Crippen LogP contribution in [0.5, 0.6) is 0 Å². The number of carboxylic acid groups (broad SMARTS) is 1. The van der Waals surface area contributed by atoms with Gasteiger partial charge in [0.25, 0.3) is 0 Å². The lowest BCUT2D eigenvalue weighted by atomic mass is 9.90. The highest BCUT2D eigenvalue weighted by molar-refractivity contribution is 7.18. The Morgan fingerprint density at radius 1 is 1.32 bits per heavy atom. The van der Waals surface area contributed by atoms with E-state index in [1.807, 2.05) is 24.3 Å². The highest BCUT2D eigenvalue weighted by Gasteiger charge is 2.31. The van der Waals surface area contributed by atoms with E-state index in [4.69, 9.17) is 23.2 Å². The molecular formula is C18H14Cl2N2O2S. The highest BCUT2D eigenvalue weighted by atomic mass is 35.5. The minimum Gasteiger partial charge on any atom is -0.465 e. The first-order valence-corrected chi connectivity index (χ1v) is 9.41. The second-order valence-electron chi connectivity index (χ2n) is 6.14. The van der Waals surface area contributed by atoms with Gasteiger partial charge < -0.3 is 5.11 Å². The van der Waals surface area contributed by atoms with Crippen molar-refractivity contribution in [3.05, 3.63) is 57.0 Å². The second kappa shape index (κ2) is 6.48. The quantitative estimate of drug-likeness (QED) is 0.625. The van der Waals surface area contributed by atoms with Crippen molar-refractivity contribution in [1.82, 2.24) is 4.98 Å². The smallest absolute Gasteiger partial charge is 0.411 e. The monoisotopic (exact) mass is 392 g/mol. The first-order chi connectivity index (χ1) is 12.0. The van der Waals surface area contributed by atoms with Gasteiger partial charge in [0, 0.05) is 18.0 Å². The zero-order chi connectivity index (χ0) is 17.6. The van der Waals surface area contributed by atoms with Gasteiger partial charge in [0.1, 0.15) is 0 Å². The van der Waals surface area contributed by atoms with E-state index >= 15 is 0 Å². The SMILES string of the molecule is O=C(O)N1CC(Cc2nc3ccccc3s2)Cc2cc(Cl)cc(Cl)c21. The molecule has 1 aromatic heterocycles. The Morgan fingerprint density at radius 3 is 2.88 bits per heavy atom. The molecule has 1 N–H and O–H groups in total. The van der Waals surface area contributed by atoms with Crippen molar-refractivity contribution >= 4 is 56.5 Å². The number of fused-ring (bicyclic) bond motifs is 2. The van der Waals surface area contributed by atoms with Gasteiger partial charge in [-0.15, -0.1) is 11.3 Å². The molecule has 0 radical (unpaired) electrons. The van der Waals surface area contributed by atoms with E-state index in [9.17, 15) is 9.90 Å². The Kier molecular flexibility index (Phi) is 4.31. The Morgan fingerprint density at radius 2 is 2.12 bits per heavy atom. The standard InChI is InChI=1S/C18H14Cl2N2O2S/c19-12-7-11-5-10(9-22(18(23)24)17(11)13(20)8-12)6-16-21-14-3-1-2-4-15(14)25-16/h1-4,7-8,10H,5-6,9H2,(H,23,24). The van der Waals surface area contributed by atoms with E-state index < -0.39 is 6.09 Å². The number of rotatable bonds is 2. The summed E-state index contributed by atoms with van der Waals surface area (Å²) in [5, 5.41) is 11.5. The van der Waals surface area contributed by atoms with Crippen LogP contribution in [-0.2, 0) is 12.8 Å². The summed E-state index contributed by atoms with van der Waals surface area (Å²) in [7, 11) is 0. The minimum absolute atomic E-state index is 0.138. The first-order valence-electron chi connectivity index (χ1n) is 7.84. The van der Waals surface area contributed by atoms with Crippen molar-refractivity contribution in [3.63, 3.8) is 0 Å². The highest BCUT2D eigenvalue weighted by Crippen LogP contribution is 2.39. The number of benzene rings is 2. The molecule has 4 rings (SSSR count). The number of thiazole rings is 1. The van der Waals surface area contributed by atoms with Gasteiger partial charge >= 0.3 is 6.09 Å². The lowest BCUT2D eigenvalue weighted by Gasteiger charge is -2.33. The normalized spacial score (nSPS) is 16.9. The molecule has 1 atom stereocenters. The third kappa shape index (κ3) is 3.19. The Hall–Kier alpha value is -1.82. The summed E-state index contributed by atoms with van der Waals surface area (Å²) >= 11 is 14.0. The predicted octanol–water partition coefficient (Wildman–Crippen LogP) is 5.50. The molecule has 0 bridgehead atoms. The number of amides is 1. The maximum absolute atomic E-state index is 11.7. The number of anilines is 1. The molecule has 25 heavy (non-hydrogen) atoms. The van der Waals surface area contributed by atoms with Crippen LogP contribution in [0.1, 0.15) is 10.6 Å². The average molecular weight is 393 g/mol. The second-order valence-corrected chi connectivity index (χ2v) is 8.10. The van der Waals surface area contributed by atoms with Crippen molar-refractivity contribution in [2.75, 3.05) is 11.4 Å². The topological polar surface area (TPSA) is 53.4 Å². The molecule has 0 fully saturated rings. The number of para-hydroxylation sites is 1. The molecule has 7 heteroatoms. The van der Waals surface area contributed by atoms with Crippen LogP contribution in [0, 0.1) is 5.92 Å². The Balaban J connectivity index is 1.66. The number of halogens is 2. The van der Waals surface area contributed by atoms with Gasteiger partial charge in [-0.25, -0.2) is 9.78 Å². The molecule has 0 aliphatic carbocycles. The number of aromatic nitrogens is 1. The zero-order valence-electron chi connectivity index (χ0n) is 13.1. The van der Waals surface area contributed by atoms with Crippen LogP contribution in [0.4, 0.5) is 10.5 Å². The summed E-state index contributed by atoms with van der Waals surface area (Å²) in [6.07, 6.45) is 0.460. The van der Waals surface area contributed by atoms with Gasteiger partial charge in [-0.05, 0) is 42.2 Å². The maximum atomic E-state index is 11.7. The van der Waals surface area contributed by atoms with Crippen LogP contribution in [0.15, 0.2) is 36.4 Å². The van der Waals surface area contributed by atoms with E-state index in [0.717, 1.165) is 33.6 Å². The number of hydrogen-bond acceptors (Lipinski definition) is 3. The third-order valence-electron chi connectivity index (χ3n) is 4.36. The fraction of sp³-hybridized carbons (Fsp3) is 0.222. The van der Waals surface area contributed by atoms with Gasteiger partial charge in [0.15, 0.2) is 0 Å². The van der Waals surface area contributed by atoms with E-state index in [2.05, 4.69) is 11.1 Å². The fourth-order valence-corrected chi connectivity index (χ4v) is 5.09. The molecule has 0 saturated carbocycles. The van der Waals surface area contributed by atoms with Crippen LogP contribution in [0.3, 0.4) is 0 Å². The molecule has 2 heterocycles. The van der Waals surface area contributed by atoms with Gasteiger partial charge in [-0.2, -0.15) is 0 Å². The summed E-state index contributed by atoms with van der Waals surface area (Å²) < 4.78 is 1.15. The van der Waals surface area contributed by atoms with Gasteiger partial charge in [-0.1, -0.05) is 35.3 Å². The maximum Gasteiger partial charge on any atom is 0.411 e. The number of carbonyl (C=O) groups is 1. The molecule has 1 aliphatic heterocycles. The van der Waals surface area contributed by atoms with Crippen molar-refractivity contribution in [2.24, 2.45) is 5.92 Å². The lowest BCUT2D eigenvalue weighted by molar-refractivity contribution is 0.199. The van der Waals surface area contributed by atoms with Crippen LogP contribution >= 0.6 is 34.5 Å². The van der Waals surface area contributed by atoms with Gasteiger partial charge in [-0.3, -0.25) is 4.90 Å². The van der Waals surface area contributed by atoms with Crippen molar-refractivity contribution in [2.45, 2.75) is 12.8 Å². The van der Waals surface area contributed by atoms with Crippen molar-refractivity contribution in [3.8, 4) is 0 Å². The van der Waals surface area contributed by atoms with Crippen LogP contribution in [-0.4, -0.2) is 22.7 Å². The van der Waals surface area contributed by atoms with E-state index in [0.29, 0.717) is 22.3 Å². The molecule has 1 aliphatic rings. The average Bonchev–Trinajstić information content (AvgIpc) is 2.95. The summed E-state index contributed by atoms with van der Waals surface area (Å²) in [5.74, 6) is 0.138. The fourth-order valence-electron chi connectivity index (χ4n) is 3.37. The van der Waals surface area contributed by atoms with Crippen molar-refractivity contribution < 1.29 is 9.90 Å². The van der Waals surface area contributed by atoms with E-state index in [1.165, 1.54) is 4.90 Å². The molecule has 3 aromatic rings. The summed E-state index contributed by atoms with van der Waals surface area (Å²) in [6.45, 7) is 0.402. The Labute approximate surface area is 158 Å². The zero-order valence-corrected chi connectivity index (χ0v) is 15.4. The molecule has 128 valence electrons.